The third-order valence-electron chi connectivity index (χ3n) is 8.95. The van der Waals surface area contributed by atoms with Crippen LogP contribution in [0, 0.1) is 11.8 Å². The molecule has 4 nitrogen and oxygen atoms in total. The highest BCUT2D eigenvalue weighted by Crippen LogP contribution is 2.48. The van der Waals surface area contributed by atoms with Gasteiger partial charge in [0.15, 0.2) is 0 Å². The van der Waals surface area contributed by atoms with Gasteiger partial charge >= 0.3 is 0 Å². The molecule has 0 aromatic heterocycles. The van der Waals surface area contributed by atoms with Crippen LogP contribution in [0.4, 0.5) is 0 Å². The van der Waals surface area contributed by atoms with Crippen molar-refractivity contribution in [3.05, 3.63) is 191 Å². The molecular weight excluding hydrogens is 592 g/mol. The minimum atomic E-state index is 0.806. The van der Waals surface area contributed by atoms with Crippen LogP contribution in [0.3, 0.4) is 0 Å². The van der Waals surface area contributed by atoms with Gasteiger partial charge in [0.2, 0.25) is 0 Å². The molecule has 7 aromatic carbocycles. The molecule has 0 spiro atoms. The number of methoxy groups -OCH3 is 4. The molecule has 0 aliphatic heterocycles. The molecule has 0 fully saturated rings. The molecule has 0 heterocycles. The average Bonchev–Trinajstić information content (AvgIpc) is 3.17. The zero-order valence-corrected chi connectivity index (χ0v) is 27.5. The van der Waals surface area contributed by atoms with E-state index in [0.717, 1.165) is 79.0 Å². The van der Waals surface area contributed by atoms with Crippen molar-refractivity contribution >= 4 is 21.5 Å². The van der Waals surface area contributed by atoms with E-state index in [9.17, 15) is 0 Å². The van der Waals surface area contributed by atoms with Gasteiger partial charge in [-0.15, -0.1) is 0 Å². The lowest BCUT2D eigenvalue weighted by molar-refractivity contribution is 0.414. The van der Waals surface area contributed by atoms with Gasteiger partial charge in [-0.1, -0.05) is 24.3 Å². The first kappa shape index (κ1) is 30.6. The lowest BCUT2D eigenvalue weighted by Gasteiger charge is -2.23. The summed E-state index contributed by atoms with van der Waals surface area (Å²) >= 11 is 0. The van der Waals surface area contributed by atoms with Crippen molar-refractivity contribution in [2.75, 3.05) is 28.4 Å². The Bertz CT molecular complexity index is 1900. The first-order valence-electron chi connectivity index (χ1n) is 15.9. The van der Waals surface area contributed by atoms with Crippen molar-refractivity contribution in [3.8, 4) is 23.0 Å². The van der Waals surface area contributed by atoms with Crippen molar-refractivity contribution < 1.29 is 18.9 Å². The fourth-order valence-corrected chi connectivity index (χ4v) is 6.60. The Kier molecular flexibility index (Phi) is 8.55. The molecule has 0 saturated carbocycles. The molecule has 0 bridgehead atoms. The smallest absolute Gasteiger partial charge is 0.129 e. The Morgan fingerprint density at radius 1 is 0.292 bits per heavy atom. The summed E-state index contributed by atoms with van der Waals surface area (Å²) in [4.78, 5) is 0. The molecule has 0 saturated heterocycles. The Morgan fingerprint density at radius 2 is 0.521 bits per heavy atom. The van der Waals surface area contributed by atoms with E-state index in [1.807, 2.05) is 48.5 Å². The van der Waals surface area contributed by atoms with Gasteiger partial charge in [0.05, 0.1) is 73.3 Å². The molecule has 7 aromatic rings. The first-order valence-corrected chi connectivity index (χ1v) is 15.9. The van der Waals surface area contributed by atoms with Crippen molar-refractivity contribution in [1.82, 2.24) is 0 Å². The molecule has 48 heavy (non-hydrogen) atoms. The van der Waals surface area contributed by atoms with Crippen LogP contribution in [0.2, 0.25) is 0 Å². The van der Waals surface area contributed by atoms with E-state index < -0.39 is 0 Å². The molecule has 0 atom stereocenters. The largest absolute Gasteiger partial charge is 0.496 e. The number of hydrogen-bond donors (Lipinski definition) is 0. The van der Waals surface area contributed by atoms with Gasteiger partial charge in [0.25, 0.3) is 0 Å². The maximum atomic E-state index is 5.58. The zero-order chi connectivity index (χ0) is 33.0. The minimum absolute atomic E-state index is 0.806. The summed E-state index contributed by atoms with van der Waals surface area (Å²) in [5.74, 6) is 5.44. The zero-order valence-electron chi connectivity index (χ0n) is 27.5. The fraction of sp³-hybridized carbons (Fsp3) is 0.0909. The van der Waals surface area contributed by atoms with E-state index in [1.54, 1.807) is 28.4 Å². The standard InChI is InChI=1S/C44H36O4/c1-45-33-21-13-29(14-22-33)41(30-15-23-34(46-2)24-16-30)43-39-11-7-5-9-37(39)38-10-6-8-12-40(38)44(43)42(31-17-25-35(47-3)26-18-31)32-19-27-36(48-4)28-20-32/h5-28H,1-4H3/q+2. The van der Waals surface area contributed by atoms with Gasteiger partial charge in [0, 0.05) is 59.3 Å². The molecule has 0 aliphatic rings. The number of benzene rings is 7. The Hall–Kier alpha value is -6.00. The van der Waals surface area contributed by atoms with Gasteiger partial charge in [-0.25, -0.2) is 0 Å². The SMILES string of the molecule is COc1ccc([C+](c2ccc(OC)cc2)c2c([C+](c3ccc(OC)cc3)c3ccc(OC)cc3)c3ccccc3c3ccccc23)cc1. The maximum absolute atomic E-state index is 5.58. The highest BCUT2D eigenvalue weighted by molar-refractivity contribution is 6.13. The second-order valence-electron chi connectivity index (χ2n) is 11.5. The Morgan fingerprint density at radius 3 is 0.750 bits per heavy atom. The lowest BCUT2D eigenvalue weighted by Crippen LogP contribution is -2.15. The first-order chi connectivity index (χ1) is 23.6. The lowest BCUT2D eigenvalue weighted by atomic mass is 9.72. The van der Waals surface area contributed by atoms with Gasteiger partial charge in [0.1, 0.15) is 34.1 Å². The molecule has 0 unspecified atom stereocenters. The summed E-state index contributed by atoms with van der Waals surface area (Å²) < 4.78 is 22.3. The van der Waals surface area contributed by atoms with Crippen LogP contribution in [-0.2, 0) is 0 Å². The Balaban J connectivity index is 1.64. The van der Waals surface area contributed by atoms with E-state index in [2.05, 4.69) is 97.1 Å². The van der Waals surface area contributed by atoms with Crippen LogP contribution in [0.5, 0.6) is 23.0 Å². The fourth-order valence-electron chi connectivity index (χ4n) is 6.60. The van der Waals surface area contributed by atoms with Gasteiger partial charge in [-0.2, -0.15) is 0 Å². The van der Waals surface area contributed by atoms with Crippen LogP contribution < -0.4 is 18.9 Å². The predicted molar refractivity (Wildman–Crippen MR) is 195 cm³/mol. The molecule has 4 heteroatoms. The van der Waals surface area contributed by atoms with Crippen molar-refractivity contribution in [2.45, 2.75) is 0 Å². The van der Waals surface area contributed by atoms with Crippen molar-refractivity contribution in [2.24, 2.45) is 0 Å². The summed E-state index contributed by atoms with van der Waals surface area (Å²) in [6.45, 7) is 0. The molecular formula is C44H36O4+2. The summed E-state index contributed by atoms with van der Waals surface area (Å²) in [5.41, 5.74) is 6.58. The average molecular weight is 629 g/mol. The highest BCUT2D eigenvalue weighted by atomic mass is 16.5. The van der Waals surface area contributed by atoms with Crippen molar-refractivity contribution in [3.63, 3.8) is 0 Å². The summed E-state index contributed by atoms with van der Waals surface area (Å²) in [6, 6.07) is 50.8. The summed E-state index contributed by atoms with van der Waals surface area (Å²) in [6.07, 6.45) is 0. The molecule has 0 N–H and O–H groups in total. The van der Waals surface area contributed by atoms with Crippen molar-refractivity contribution in [1.29, 1.82) is 0 Å². The quantitative estimate of drug-likeness (QED) is 0.0858. The highest BCUT2D eigenvalue weighted by Gasteiger charge is 2.39. The van der Waals surface area contributed by atoms with Crippen LogP contribution in [0.1, 0.15) is 33.4 Å². The summed E-state index contributed by atoms with van der Waals surface area (Å²) in [7, 11) is 6.79. The minimum Gasteiger partial charge on any atom is -0.496 e. The molecule has 0 radical (unpaired) electrons. The second-order valence-corrected chi connectivity index (χ2v) is 11.5. The second kappa shape index (κ2) is 13.4. The van der Waals surface area contributed by atoms with Crippen LogP contribution >= 0.6 is 0 Å². The van der Waals surface area contributed by atoms with Gasteiger partial charge < -0.3 is 18.9 Å². The third-order valence-corrected chi connectivity index (χ3v) is 8.95. The van der Waals surface area contributed by atoms with E-state index in [-0.39, 0.29) is 0 Å². The monoisotopic (exact) mass is 628 g/mol. The molecule has 234 valence electrons. The van der Waals surface area contributed by atoms with Crippen LogP contribution in [-0.4, -0.2) is 28.4 Å². The van der Waals surface area contributed by atoms with E-state index in [4.69, 9.17) is 18.9 Å². The number of hydrogen-bond acceptors (Lipinski definition) is 4. The number of ether oxygens (including phenoxy) is 4. The van der Waals surface area contributed by atoms with E-state index >= 15 is 0 Å². The Labute approximate surface area is 282 Å². The topological polar surface area (TPSA) is 36.9 Å². The predicted octanol–water partition coefficient (Wildman–Crippen LogP) is 10.1. The van der Waals surface area contributed by atoms with E-state index in [1.165, 1.54) is 10.8 Å². The van der Waals surface area contributed by atoms with E-state index in [0.29, 0.717) is 0 Å². The number of fused-ring (bicyclic) bond motifs is 3. The summed E-state index contributed by atoms with van der Waals surface area (Å²) in [5, 5.41) is 4.70. The van der Waals surface area contributed by atoms with Crippen LogP contribution in [0.25, 0.3) is 21.5 Å². The van der Waals surface area contributed by atoms with Gasteiger partial charge in [-0.05, 0) is 72.8 Å². The van der Waals surface area contributed by atoms with Gasteiger partial charge in [-0.3, -0.25) is 0 Å². The molecule has 7 rings (SSSR count). The maximum Gasteiger partial charge on any atom is 0.129 e. The number of rotatable bonds is 10. The molecule has 0 amide bonds. The normalized spacial score (nSPS) is 10.9. The molecule has 0 aliphatic carbocycles. The van der Waals surface area contributed by atoms with Crippen LogP contribution in [0.15, 0.2) is 146 Å². The third kappa shape index (κ3) is 5.62.